The van der Waals surface area contributed by atoms with Crippen LogP contribution in [0, 0.1) is 6.92 Å². The molecule has 0 spiro atoms. The summed E-state index contributed by atoms with van der Waals surface area (Å²) in [5, 5.41) is 6.71. The average Bonchev–Trinajstić information content (AvgIpc) is 3.34. The molecule has 2 aromatic carbocycles. The molecule has 2 aromatic heterocycles. The SMILES string of the molecule is Cc1ccc2nc(C(C)NC(=O)c3cc(COc4ccccc4)on3)[nH]c2c1. The molecule has 0 aliphatic rings. The number of imidazole rings is 1. The monoisotopic (exact) mass is 376 g/mol. The average molecular weight is 376 g/mol. The van der Waals surface area contributed by atoms with E-state index in [-0.39, 0.29) is 24.2 Å². The molecule has 2 N–H and O–H groups in total. The molecule has 0 aliphatic heterocycles. The van der Waals surface area contributed by atoms with Gasteiger partial charge in [-0.3, -0.25) is 4.79 Å². The fourth-order valence-corrected chi connectivity index (χ4v) is 2.85. The summed E-state index contributed by atoms with van der Waals surface area (Å²) in [5.41, 5.74) is 3.15. The number of ether oxygens (including phenoxy) is 1. The van der Waals surface area contributed by atoms with E-state index in [1.165, 1.54) is 0 Å². The van der Waals surface area contributed by atoms with E-state index >= 15 is 0 Å². The molecule has 0 saturated carbocycles. The number of hydrogen-bond donors (Lipinski definition) is 2. The summed E-state index contributed by atoms with van der Waals surface area (Å²) in [4.78, 5) is 20.3. The maximum atomic E-state index is 12.5. The smallest absolute Gasteiger partial charge is 0.274 e. The molecule has 0 radical (unpaired) electrons. The lowest BCUT2D eigenvalue weighted by Gasteiger charge is -2.09. The number of aromatic amines is 1. The maximum absolute atomic E-state index is 12.5. The lowest BCUT2D eigenvalue weighted by atomic mass is 10.2. The molecule has 28 heavy (non-hydrogen) atoms. The van der Waals surface area contributed by atoms with Crippen LogP contribution in [0.25, 0.3) is 11.0 Å². The molecular formula is C21H20N4O3. The van der Waals surface area contributed by atoms with Gasteiger partial charge >= 0.3 is 0 Å². The number of para-hydroxylation sites is 1. The number of aryl methyl sites for hydroxylation is 1. The highest BCUT2D eigenvalue weighted by molar-refractivity contribution is 5.92. The molecule has 1 amide bonds. The van der Waals surface area contributed by atoms with Crippen molar-refractivity contribution < 1.29 is 14.1 Å². The van der Waals surface area contributed by atoms with Gasteiger partial charge in [0.25, 0.3) is 5.91 Å². The first-order valence-electron chi connectivity index (χ1n) is 8.99. The van der Waals surface area contributed by atoms with Crippen LogP contribution in [0.2, 0.25) is 0 Å². The number of H-pyrrole nitrogens is 1. The van der Waals surface area contributed by atoms with E-state index in [1.54, 1.807) is 6.07 Å². The van der Waals surface area contributed by atoms with Crippen molar-refractivity contribution in [2.45, 2.75) is 26.5 Å². The Hall–Kier alpha value is -3.61. The van der Waals surface area contributed by atoms with E-state index in [4.69, 9.17) is 9.26 Å². The standard InChI is InChI=1S/C21H20N4O3/c1-13-8-9-17-18(10-13)24-20(23-17)14(2)22-21(26)19-11-16(28-25-19)12-27-15-6-4-3-5-7-15/h3-11,14H,12H2,1-2H3,(H,22,26)(H,23,24). The fraction of sp³-hybridized carbons (Fsp3) is 0.190. The Labute approximate surface area is 161 Å². The van der Waals surface area contributed by atoms with Crippen LogP contribution in [0.4, 0.5) is 0 Å². The third-order valence-corrected chi connectivity index (χ3v) is 4.33. The van der Waals surface area contributed by atoms with Gasteiger partial charge in [-0.25, -0.2) is 4.98 Å². The third kappa shape index (κ3) is 3.88. The zero-order valence-corrected chi connectivity index (χ0v) is 15.6. The van der Waals surface area contributed by atoms with Crippen LogP contribution in [0.1, 0.15) is 40.6 Å². The van der Waals surface area contributed by atoms with Crippen molar-refractivity contribution in [2.24, 2.45) is 0 Å². The number of rotatable bonds is 6. The van der Waals surface area contributed by atoms with Crippen LogP contribution in [-0.4, -0.2) is 21.0 Å². The summed E-state index contributed by atoms with van der Waals surface area (Å²) in [6, 6.07) is 16.6. The van der Waals surface area contributed by atoms with Crippen molar-refractivity contribution in [3.05, 3.63) is 77.4 Å². The number of fused-ring (bicyclic) bond motifs is 1. The zero-order chi connectivity index (χ0) is 19.5. The number of nitrogens with one attached hydrogen (secondary N) is 2. The van der Waals surface area contributed by atoms with Gasteiger partial charge in [0.15, 0.2) is 11.5 Å². The van der Waals surface area contributed by atoms with Gasteiger partial charge < -0.3 is 19.6 Å². The number of carbonyl (C=O) groups excluding carboxylic acids is 1. The van der Waals surface area contributed by atoms with Crippen molar-refractivity contribution in [1.29, 1.82) is 0 Å². The predicted molar refractivity (Wildman–Crippen MR) is 104 cm³/mol. The molecule has 1 atom stereocenters. The van der Waals surface area contributed by atoms with E-state index in [0.717, 1.165) is 22.3 Å². The van der Waals surface area contributed by atoms with Crippen molar-refractivity contribution >= 4 is 16.9 Å². The first-order valence-corrected chi connectivity index (χ1v) is 8.99. The van der Waals surface area contributed by atoms with E-state index in [9.17, 15) is 4.79 Å². The van der Waals surface area contributed by atoms with E-state index in [2.05, 4.69) is 20.4 Å². The maximum Gasteiger partial charge on any atom is 0.274 e. The molecular weight excluding hydrogens is 356 g/mol. The molecule has 1 unspecified atom stereocenters. The van der Waals surface area contributed by atoms with Crippen molar-refractivity contribution in [3.63, 3.8) is 0 Å². The second kappa shape index (κ2) is 7.56. The molecule has 0 aliphatic carbocycles. The van der Waals surface area contributed by atoms with Crippen LogP contribution in [0.15, 0.2) is 59.1 Å². The molecule has 7 nitrogen and oxygen atoms in total. The summed E-state index contributed by atoms with van der Waals surface area (Å²) >= 11 is 0. The summed E-state index contributed by atoms with van der Waals surface area (Å²) in [7, 11) is 0. The minimum Gasteiger partial charge on any atom is -0.486 e. The number of aromatic nitrogens is 3. The molecule has 2 heterocycles. The first kappa shape index (κ1) is 17.8. The minimum atomic E-state index is -0.334. The lowest BCUT2D eigenvalue weighted by molar-refractivity contribution is 0.0929. The Morgan fingerprint density at radius 1 is 1.21 bits per heavy atom. The number of amides is 1. The Morgan fingerprint density at radius 2 is 2.04 bits per heavy atom. The zero-order valence-electron chi connectivity index (χ0n) is 15.6. The predicted octanol–water partition coefficient (Wildman–Crippen LogP) is 3.93. The highest BCUT2D eigenvalue weighted by Gasteiger charge is 2.18. The molecule has 0 fully saturated rings. The summed E-state index contributed by atoms with van der Waals surface area (Å²) in [6.45, 7) is 4.08. The normalized spacial score (nSPS) is 12.1. The van der Waals surface area contributed by atoms with E-state index in [1.807, 2.05) is 62.4 Å². The van der Waals surface area contributed by atoms with Gasteiger partial charge in [0.05, 0.1) is 17.1 Å². The van der Waals surface area contributed by atoms with Gasteiger partial charge in [0, 0.05) is 6.07 Å². The number of nitrogens with zero attached hydrogens (tertiary/aromatic N) is 2. The van der Waals surface area contributed by atoms with Gasteiger partial charge in [-0.05, 0) is 43.7 Å². The Morgan fingerprint density at radius 3 is 2.86 bits per heavy atom. The van der Waals surface area contributed by atoms with Crippen molar-refractivity contribution in [3.8, 4) is 5.75 Å². The Kier molecular flexibility index (Phi) is 4.80. The minimum absolute atomic E-state index is 0.197. The fourth-order valence-electron chi connectivity index (χ4n) is 2.85. The van der Waals surface area contributed by atoms with E-state index < -0.39 is 0 Å². The molecule has 142 valence electrons. The van der Waals surface area contributed by atoms with Crippen LogP contribution < -0.4 is 10.1 Å². The highest BCUT2D eigenvalue weighted by Crippen LogP contribution is 2.18. The van der Waals surface area contributed by atoms with Crippen LogP contribution in [0.3, 0.4) is 0 Å². The second-order valence-corrected chi connectivity index (χ2v) is 6.62. The van der Waals surface area contributed by atoms with Gasteiger partial charge in [-0.15, -0.1) is 0 Å². The van der Waals surface area contributed by atoms with Gasteiger partial charge in [-0.1, -0.05) is 29.4 Å². The molecule has 0 bridgehead atoms. The number of benzene rings is 2. The van der Waals surface area contributed by atoms with Crippen molar-refractivity contribution in [1.82, 2.24) is 20.4 Å². The Balaban J connectivity index is 1.39. The molecule has 4 aromatic rings. The molecule has 0 saturated heterocycles. The van der Waals surface area contributed by atoms with E-state index in [0.29, 0.717) is 11.6 Å². The molecule has 7 heteroatoms. The van der Waals surface area contributed by atoms with Crippen molar-refractivity contribution in [2.75, 3.05) is 0 Å². The number of hydrogen-bond acceptors (Lipinski definition) is 5. The number of carbonyl (C=O) groups is 1. The van der Waals surface area contributed by atoms with Gasteiger partial charge in [0.1, 0.15) is 18.2 Å². The van der Waals surface area contributed by atoms with Crippen LogP contribution >= 0.6 is 0 Å². The Bertz CT molecular complexity index is 1100. The van der Waals surface area contributed by atoms with Crippen LogP contribution in [-0.2, 0) is 6.61 Å². The summed E-state index contributed by atoms with van der Waals surface area (Å²) in [6.07, 6.45) is 0. The quantitative estimate of drug-likeness (QED) is 0.532. The largest absolute Gasteiger partial charge is 0.486 e. The summed E-state index contributed by atoms with van der Waals surface area (Å²) < 4.78 is 10.8. The molecule has 4 rings (SSSR count). The third-order valence-electron chi connectivity index (χ3n) is 4.33. The van der Waals surface area contributed by atoms with Gasteiger partial charge in [0.2, 0.25) is 0 Å². The van der Waals surface area contributed by atoms with Gasteiger partial charge in [-0.2, -0.15) is 0 Å². The lowest BCUT2D eigenvalue weighted by Crippen LogP contribution is -2.27. The van der Waals surface area contributed by atoms with Crippen LogP contribution in [0.5, 0.6) is 5.75 Å². The first-order chi connectivity index (χ1) is 13.6. The second-order valence-electron chi connectivity index (χ2n) is 6.62. The topological polar surface area (TPSA) is 93.0 Å². The summed E-state index contributed by atoms with van der Waals surface area (Å²) in [5.74, 6) is 1.54. The highest BCUT2D eigenvalue weighted by atomic mass is 16.5.